The van der Waals surface area contributed by atoms with Gasteiger partial charge in [-0.2, -0.15) is 13.2 Å². The molecule has 0 spiro atoms. The van der Waals surface area contributed by atoms with Gasteiger partial charge in [-0.25, -0.2) is 4.98 Å². The molecule has 192 valence electrons. The van der Waals surface area contributed by atoms with Crippen molar-refractivity contribution in [3.8, 4) is 23.1 Å². The number of ether oxygens (including phenoxy) is 4. The molecule has 0 N–H and O–H groups in total. The Morgan fingerprint density at radius 2 is 1.81 bits per heavy atom. The number of rotatable bonds is 11. The van der Waals surface area contributed by atoms with Crippen molar-refractivity contribution in [1.82, 2.24) is 4.98 Å². The summed E-state index contributed by atoms with van der Waals surface area (Å²) in [6, 6.07) is 15.0. The van der Waals surface area contributed by atoms with Crippen molar-refractivity contribution < 1.29 is 36.9 Å². The highest BCUT2D eigenvalue weighted by Crippen LogP contribution is 2.37. The number of carbonyl (C=O) groups excluding carboxylic acids is 1. The van der Waals surface area contributed by atoms with Crippen molar-refractivity contribution in [3.63, 3.8) is 0 Å². The summed E-state index contributed by atoms with van der Waals surface area (Å²) in [5.74, 6) is 0.614. The summed E-state index contributed by atoms with van der Waals surface area (Å²) in [5, 5.41) is 0. The van der Waals surface area contributed by atoms with Crippen LogP contribution in [0.5, 0.6) is 23.1 Å². The second-order valence-electron chi connectivity index (χ2n) is 8.17. The lowest BCUT2D eigenvalue weighted by atomic mass is 10.0. The molecule has 0 aliphatic carbocycles. The van der Waals surface area contributed by atoms with Crippen molar-refractivity contribution in [1.29, 1.82) is 0 Å². The van der Waals surface area contributed by atoms with Crippen molar-refractivity contribution in [3.05, 3.63) is 77.5 Å². The van der Waals surface area contributed by atoms with E-state index in [0.29, 0.717) is 37.4 Å². The number of hydrogen-bond acceptors (Lipinski definition) is 6. The first-order valence-electron chi connectivity index (χ1n) is 11.4. The summed E-state index contributed by atoms with van der Waals surface area (Å²) >= 11 is 0. The predicted octanol–water partition coefficient (Wildman–Crippen LogP) is 6.54. The van der Waals surface area contributed by atoms with Gasteiger partial charge >= 0.3 is 12.1 Å². The van der Waals surface area contributed by atoms with Gasteiger partial charge in [-0.15, -0.1) is 0 Å². The molecule has 6 nitrogen and oxygen atoms in total. The number of pyridine rings is 1. The minimum atomic E-state index is -4.56. The van der Waals surface area contributed by atoms with Crippen LogP contribution in [-0.4, -0.2) is 30.8 Å². The van der Waals surface area contributed by atoms with E-state index in [1.165, 1.54) is 7.11 Å². The fourth-order valence-corrected chi connectivity index (χ4v) is 3.33. The summed E-state index contributed by atoms with van der Waals surface area (Å²) in [6.45, 7) is 4.03. The van der Waals surface area contributed by atoms with Gasteiger partial charge in [0.05, 0.1) is 19.3 Å². The number of aromatic nitrogens is 1. The Morgan fingerprint density at radius 3 is 2.47 bits per heavy atom. The van der Waals surface area contributed by atoms with E-state index in [-0.39, 0.29) is 17.6 Å². The lowest BCUT2D eigenvalue weighted by Gasteiger charge is -2.18. The van der Waals surface area contributed by atoms with Crippen molar-refractivity contribution in [2.24, 2.45) is 0 Å². The Kier molecular flexibility index (Phi) is 9.16. The van der Waals surface area contributed by atoms with Crippen LogP contribution in [0.25, 0.3) is 0 Å². The quantitative estimate of drug-likeness (QED) is 0.277. The van der Waals surface area contributed by atoms with Gasteiger partial charge in [0, 0.05) is 25.1 Å². The average Bonchev–Trinajstić information content (AvgIpc) is 2.84. The van der Waals surface area contributed by atoms with Gasteiger partial charge in [-0.1, -0.05) is 24.3 Å². The van der Waals surface area contributed by atoms with Crippen LogP contribution in [0, 0.1) is 6.92 Å². The number of methoxy groups -OCH3 is 1. The monoisotopic (exact) mass is 503 g/mol. The van der Waals surface area contributed by atoms with E-state index in [1.807, 2.05) is 25.1 Å². The fraction of sp³-hybridized carbons (Fsp3) is 0.333. The van der Waals surface area contributed by atoms with Gasteiger partial charge < -0.3 is 18.9 Å². The molecule has 0 amide bonds. The molecule has 3 aromatic rings. The summed E-state index contributed by atoms with van der Waals surface area (Å²) in [6.07, 6.45) is -2.91. The number of nitrogens with zero attached hydrogens (tertiary/aromatic N) is 1. The molecule has 0 saturated heterocycles. The molecule has 0 aliphatic rings. The van der Waals surface area contributed by atoms with E-state index in [9.17, 15) is 18.0 Å². The van der Waals surface area contributed by atoms with Crippen LogP contribution in [0.15, 0.2) is 60.8 Å². The molecule has 1 atom stereocenters. The molecule has 0 bridgehead atoms. The fourth-order valence-electron chi connectivity index (χ4n) is 3.33. The minimum Gasteiger partial charge on any atom is -0.493 e. The average molecular weight is 504 g/mol. The Bertz CT molecular complexity index is 1150. The van der Waals surface area contributed by atoms with E-state index >= 15 is 0 Å². The van der Waals surface area contributed by atoms with Gasteiger partial charge in [-0.3, -0.25) is 4.79 Å². The first-order valence-corrected chi connectivity index (χ1v) is 11.4. The van der Waals surface area contributed by atoms with Crippen LogP contribution in [0.3, 0.4) is 0 Å². The van der Waals surface area contributed by atoms with Gasteiger partial charge in [0.1, 0.15) is 17.6 Å². The zero-order valence-electron chi connectivity index (χ0n) is 20.3. The van der Waals surface area contributed by atoms with Crippen molar-refractivity contribution in [2.75, 3.05) is 13.7 Å². The van der Waals surface area contributed by atoms with Gasteiger partial charge in [0.2, 0.25) is 0 Å². The number of alkyl halides is 3. The molecule has 1 heterocycles. The lowest BCUT2D eigenvalue weighted by molar-refractivity contribution is -0.140. The second-order valence-corrected chi connectivity index (χ2v) is 8.17. The van der Waals surface area contributed by atoms with E-state index in [2.05, 4.69) is 9.72 Å². The third-order valence-corrected chi connectivity index (χ3v) is 5.36. The van der Waals surface area contributed by atoms with Crippen LogP contribution >= 0.6 is 0 Å². The van der Waals surface area contributed by atoms with Gasteiger partial charge in [-0.05, 0) is 55.7 Å². The number of aryl methyl sites for hydroxylation is 2. The molecule has 9 heteroatoms. The topological polar surface area (TPSA) is 66.9 Å². The molecule has 0 radical (unpaired) electrons. The zero-order chi connectivity index (χ0) is 26.1. The Balaban J connectivity index is 1.60. The van der Waals surface area contributed by atoms with Crippen LogP contribution in [0.4, 0.5) is 13.2 Å². The standard InChI is InChI=1S/C27H28F3NO5/c1-18-15-23(11-9-20(18)10-12-25(32)33-3)34-14-13-19(2)35-26-24(36-22-7-5-4-6-8-22)16-21(17-31-26)27(28,29)30/h4-9,11,15-17,19H,10,12-14H2,1-3H3/t19-/m0/s1. The normalized spacial score (nSPS) is 12.1. The predicted molar refractivity (Wildman–Crippen MR) is 127 cm³/mol. The molecule has 0 saturated carbocycles. The van der Waals surface area contributed by atoms with Crippen molar-refractivity contribution in [2.45, 2.75) is 45.4 Å². The maximum absolute atomic E-state index is 13.2. The summed E-state index contributed by atoms with van der Waals surface area (Å²) in [4.78, 5) is 15.2. The van der Waals surface area contributed by atoms with E-state index in [4.69, 9.17) is 14.2 Å². The zero-order valence-corrected chi connectivity index (χ0v) is 20.3. The highest BCUT2D eigenvalue weighted by atomic mass is 19.4. The Morgan fingerprint density at radius 1 is 1.06 bits per heavy atom. The van der Waals surface area contributed by atoms with Crippen LogP contribution < -0.4 is 14.2 Å². The molecule has 0 aliphatic heterocycles. The summed E-state index contributed by atoms with van der Waals surface area (Å²) in [7, 11) is 1.36. The van der Waals surface area contributed by atoms with Crippen molar-refractivity contribution >= 4 is 5.97 Å². The maximum atomic E-state index is 13.2. The molecular formula is C27H28F3NO5. The van der Waals surface area contributed by atoms with E-state index in [1.54, 1.807) is 37.3 Å². The number of para-hydroxylation sites is 1. The molecule has 0 fully saturated rings. The minimum absolute atomic E-state index is 0.0369. The lowest BCUT2D eigenvalue weighted by Crippen LogP contribution is -2.17. The summed E-state index contributed by atoms with van der Waals surface area (Å²) in [5.41, 5.74) is 1.10. The van der Waals surface area contributed by atoms with E-state index in [0.717, 1.165) is 23.4 Å². The first kappa shape index (κ1) is 26.8. The molecule has 0 unspecified atom stereocenters. The number of esters is 1. The molecule has 2 aromatic carbocycles. The van der Waals surface area contributed by atoms with Gasteiger partial charge in [0.25, 0.3) is 5.88 Å². The third-order valence-electron chi connectivity index (χ3n) is 5.36. The number of halogens is 3. The Hall–Kier alpha value is -3.75. The SMILES string of the molecule is COC(=O)CCc1ccc(OCC[C@H](C)Oc2ncc(C(F)(F)F)cc2Oc2ccccc2)cc1C. The number of benzene rings is 2. The maximum Gasteiger partial charge on any atom is 0.418 e. The van der Waals surface area contributed by atoms with Crippen LogP contribution in [-0.2, 0) is 22.1 Å². The van der Waals surface area contributed by atoms with Crippen LogP contribution in [0.2, 0.25) is 0 Å². The first-order chi connectivity index (χ1) is 17.2. The molecular weight excluding hydrogens is 475 g/mol. The Labute approximate surface area is 208 Å². The highest BCUT2D eigenvalue weighted by molar-refractivity contribution is 5.69. The number of hydrogen-bond donors (Lipinski definition) is 0. The molecule has 1 aromatic heterocycles. The smallest absolute Gasteiger partial charge is 0.418 e. The second kappa shape index (κ2) is 12.3. The molecule has 36 heavy (non-hydrogen) atoms. The summed E-state index contributed by atoms with van der Waals surface area (Å²) < 4.78 is 61.5. The highest BCUT2D eigenvalue weighted by Gasteiger charge is 2.32. The molecule has 3 rings (SSSR count). The largest absolute Gasteiger partial charge is 0.493 e. The van der Waals surface area contributed by atoms with Gasteiger partial charge in [0.15, 0.2) is 5.75 Å². The number of carbonyl (C=O) groups is 1. The third kappa shape index (κ3) is 7.90. The van der Waals surface area contributed by atoms with Crippen LogP contribution in [0.1, 0.15) is 36.5 Å². The van der Waals surface area contributed by atoms with E-state index < -0.39 is 17.8 Å².